The molecule has 2 aromatic rings. The van der Waals surface area contributed by atoms with E-state index in [9.17, 15) is 9.59 Å². The monoisotopic (exact) mass is 333 g/mol. The van der Waals surface area contributed by atoms with Gasteiger partial charge < -0.3 is 14.8 Å². The van der Waals surface area contributed by atoms with Crippen LogP contribution >= 0.6 is 11.6 Å². The van der Waals surface area contributed by atoms with Gasteiger partial charge in [-0.1, -0.05) is 11.6 Å². The Morgan fingerprint density at radius 2 is 1.96 bits per heavy atom. The minimum Gasteiger partial charge on any atom is -0.353 e. The third kappa shape index (κ3) is 3.34. The molecule has 1 aliphatic heterocycles. The van der Waals surface area contributed by atoms with Crippen LogP contribution in [0.4, 0.5) is 5.82 Å². The van der Waals surface area contributed by atoms with Crippen molar-refractivity contribution in [2.45, 2.75) is 6.42 Å². The number of carbonyl (C=O) groups is 1. The number of pyridine rings is 1. The predicted octanol–water partition coefficient (Wildman–Crippen LogP) is 1.15. The Kier molecular flexibility index (Phi) is 4.57. The quantitative estimate of drug-likeness (QED) is 0.852. The summed E-state index contributed by atoms with van der Waals surface area (Å²) in [6.07, 6.45) is 4.92. The Hall–Kier alpha value is -2.41. The van der Waals surface area contributed by atoms with E-state index in [0.717, 1.165) is 18.4 Å². The van der Waals surface area contributed by atoms with E-state index >= 15 is 0 Å². The average Bonchev–Trinajstić information content (AvgIpc) is 2.83. The topological polar surface area (TPSA) is 82.2 Å². The first kappa shape index (κ1) is 15.5. The van der Waals surface area contributed by atoms with Crippen molar-refractivity contribution in [1.82, 2.24) is 19.9 Å². The number of rotatable bonds is 3. The highest BCUT2D eigenvalue weighted by atomic mass is 35.5. The summed E-state index contributed by atoms with van der Waals surface area (Å²) in [6.45, 7) is 2.55. The lowest BCUT2D eigenvalue weighted by Crippen LogP contribution is -2.32. The molecule has 2 aromatic heterocycles. The summed E-state index contributed by atoms with van der Waals surface area (Å²) in [6, 6.07) is 3.54. The van der Waals surface area contributed by atoms with Gasteiger partial charge >= 0.3 is 0 Å². The molecule has 1 N–H and O–H groups in total. The molecule has 1 fully saturated rings. The van der Waals surface area contributed by atoms with Crippen LogP contribution in [0, 0.1) is 0 Å². The van der Waals surface area contributed by atoms with Gasteiger partial charge in [0, 0.05) is 44.1 Å². The molecule has 0 atom stereocenters. The zero-order chi connectivity index (χ0) is 16.2. The lowest BCUT2D eigenvalue weighted by molar-refractivity contribution is -0.117. The minimum atomic E-state index is -0.375. The van der Waals surface area contributed by atoms with Crippen molar-refractivity contribution >= 4 is 23.8 Å². The second-order valence-corrected chi connectivity index (χ2v) is 5.65. The number of nitrogens with one attached hydrogen (secondary N) is 1. The summed E-state index contributed by atoms with van der Waals surface area (Å²) < 4.78 is 0. The van der Waals surface area contributed by atoms with Crippen LogP contribution in [0.3, 0.4) is 0 Å². The first-order chi connectivity index (χ1) is 11.2. The highest BCUT2D eigenvalue weighted by molar-refractivity contribution is 6.32. The van der Waals surface area contributed by atoms with E-state index in [-0.39, 0.29) is 10.6 Å². The number of hydrogen-bond acceptors (Lipinski definition) is 5. The summed E-state index contributed by atoms with van der Waals surface area (Å²) in [4.78, 5) is 37.9. The van der Waals surface area contributed by atoms with Gasteiger partial charge in [-0.05, 0) is 18.6 Å². The maximum absolute atomic E-state index is 12.1. The maximum Gasteiger partial charge on any atom is 0.272 e. The number of carbonyl (C=O) groups excluding carboxylic acids is 1. The first-order valence-electron chi connectivity index (χ1n) is 7.33. The molecule has 0 bridgehead atoms. The molecular formula is C15H16ClN5O2. The minimum absolute atomic E-state index is 0.0716. The molecule has 3 rings (SSSR count). The standard InChI is InChI=1S/C15H16ClN5O2/c16-12-14(21-7-1-6-20(10-22)8-9-21)18-13(19-15(12)23)11-2-4-17-5-3-11/h2-5,10H,1,6-9H2,(H,18,19,23). The Labute approximate surface area is 137 Å². The molecule has 1 aliphatic rings. The highest BCUT2D eigenvalue weighted by Gasteiger charge is 2.20. The molecule has 0 unspecified atom stereocenters. The third-order valence-corrected chi connectivity index (χ3v) is 4.12. The SMILES string of the molecule is O=CN1CCCN(c2nc(-c3ccncc3)[nH]c(=O)c2Cl)CC1. The van der Waals surface area contributed by atoms with Gasteiger partial charge in [0.1, 0.15) is 10.8 Å². The van der Waals surface area contributed by atoms with Crippen LogP contribution in [-0.2, 0) is 4.79 Å². The Morgan fingerprint density at radius 3 is 2.70 bits per heavy atom. The number of amides is 1. The van der Waals surface area contributed by atoms with Crippen LogP contribution < -0.4 is 10.5 Å². The van der Waals surface area contributed by atoms with E-state index in [1.807, 2.05) is 4.90 Å². The molecule has 0 aromatic carbocycles. The smallest absolute Gasteiger partial charge is 0.272 e. The predicted molar refractivity (Wildman–Crippen MR) is 87.6 cm³/mol. The maximum atomic E-state index is 12.1. The molecule has 7 nitrogen and oxygen atoms in total. The van der Waals surface area contributed by atoms with Gasteiger partial charge in [0.15, 0.2) is 5.82 Å². The zero-order valence-electron chi connectivity index (χ0n) is 12.4. The van der Waals surface area contributed by atoms with Gasteiger partial charge in [-0.2, -0.15) is 0 Å². The summed E-state index contributed by atoms with van der Waals surface area (Å²) in [5, 5.41) is 0.0716. The number of nitrogens with zero attached hydrogens (tertiary/aromatic N) is 4. The van der Waals surface area contributed by atoms with Crippen molar-refractivity contribution in [2.75, 3.05) is 31.1 Å². The fraction of sp³-hybridized carbons (Fsp3) is 0.333. The van der Waals surface area contributed by atoms with Gasteiger partial charge in [-0.15, -0.1) is 0 Å². The molecule has 0 saturated carbocycles. The molecule has 1 saturated heterocycles. The van der Waals surface area contributed by atoms with E-state index in [0.29, 0.717) is 37.8 Å². The summed E-state index contributed by atoms with van der Waals surface area (Å²) >= 11 is 6.17. The fourth-order valence-corrected chi connectivity index (χ4v) is 2.77. The van der Waals surface area contributed by atoms with Crippen LogP contribution in [0.1, 0.15) is 6.42 Å². The van der Waals surface area contributed by atoms with Crippen molar-refractivity contribution in [2.24, 2.45) is 0 Å². The molecule has 8 heteroatoms. The van der Waals surface area contributed by atoms with Gasteiger partial charge in [0.05, 0.1) is 0 Å². The summed E-state index contributed by atoms with van der Waals surface area (Å²) in [5.74, 6) is 0.906. The number of halogens is 1. The normalized spacial score (nSPS) is 15.3. The van der Waals surface area contributed by atoms with Gasteiger partial charge in [-0.25, -0.2) is 4.98 Å². The van der Waals surface area contributed by atoms with Crippen molar-refractivity contribution in [3.63, 3.8) is 0 Å². The first-order valence-corrected chi connectivity index (χ1v) is 7.71. The van der Waals surface area contributed by atoms with Crippen LogP contribution in [0.25, 0.3) is 11.4 Å². The van der Waals surface area contributed by atoms with Gasteiger partial charge in [0.25, 0.3) is 5.56 Å². The molecule has 1 amide bonds. The molecule has 23 heavy (non-hydrogen) atoms. The van der Waals surface area contributed by atoms with Crippen LogP contribution in [0.15, 0.2) is 29.3 Å². The van der Waals surface area contributed by atoms with Crippen molar-refractivity contribution in [3.05, 3.63) is 39.9 Å². The number of anilines is 1. The van der Waals surface area contributed by atoms with Crippen molar-refractivity contribution < 1.29 is 4.79 Å². The molecule has 0 radical (unpaired) electrons. The Morgan fingerprint density at radius 1 is 1.17 bits per heavy atom. The number of aromatic nitrogens is 3. The van der Waals surface area contributed by atoms with Gasteiger partial charge in [0.2, 0.25) is 6.41 Å². The average molecular weight is 334 g/mol. The molecule has 3 heterocycles. The van der Waals surface area contributed by atoms with Crippen LogP contribution in [0.5, 0.6) is 0 Å². The van der Waals surface area contributed by atoms with Crippen molar-refractivity contribution in [1.29, 1.82) is 0 Å². The van der Waals surface area contributed by atoms with Crippen LogP contribution in [-0.4, -0.2) is 52.4 Å². The van der Waals surface area contributed by atoms with Crippen LogP contribution in [0.2, 0.25) is 5.02 Å². The van der Waals surface area contributed by atoms with E-state index in [4.69, 9.17) is 11.6 Å². The Balaban J connectivity index is 1.97. The fourth-order valence-electron chi connectivity index (χ4n) is 2.56. The van der Waals surface area contributed by atoms with E-state index in [1.54, 1.807) is 29.4 Å². The largest absolute Gasteiger partial charge is 0.353 e. The number of aromatic amines is 1. The molecule has 0 aliphatic carbocycles. The number of H-pyrrole nitrogens is 1. The van der Waals surface area contributed by atoms with E-state index in [1.165, 1.54) is 0 Å². The molecule has 120 valence electrons. The van der Waals surface area contributed by atoms with Crippen molar-refractivity contribution in [3.8, 4) is 11.4 Å². The Bertz CT molecular complexity index is 749. The van der Waals surface area contributed by atoms with Gasteiger partial charge in [-0.3, -0.25) is 14.6 Å². The number of hydrogen-bond donors (Lipinski definition) is 1. The second-order valence-electron chi connectivity index (χ2n) is 5.27. The zero-order valence-corrected chi connectivity index (χ0v) is 13.2. The second kappa shape index (κ2) is 6.78. The molecular weight excluding hydrogens is 318 g/mol. The molecule has 0 spiro atoms. The lowest BCUT2D eigenvalue weighted by Gasteiger charge is -2.22. The lowest BCUT2D eigenvalue weighted by atomic mass is 10.2. The summed E-state index contributed by atoms with van der Waals surface area (Å²) in [7, 11) is 0. The summed E-state index contributed by atoms with van der Waals surface area (Å²) in [5.41, 5.74) is 0.388. The third-order valence-electron chi connectivity index (χ3n) is 3.78. The van der Waals surface area contributed by atoms with E-state index in [2.05, 4.69) is 15.0 Å². The highest BCUT2D eigenvalue weighted by Crippen LogP contribution is 2.23. The van der Waals surface area contributed by atoms with E-state index < -0.39 is 0 Å².